The van der Waals surface area contributed by atoms with Crippen LogP contribution in [0.2, 0.25) is 0 Å². The number of aryl methyl sites for hydroxylation is 1. The van der Waals surface area contributed by atoms with Crippen LogP contribution in [-0.2, 0) is 9.53 Å². The van der Waals surface area contributed by atoms with Gasteiger partial charge in [-0.2, -0.15) is 5.10 Å². The van der Waals surface area contributed by atoms with E-state index in [1.807, 2.05) is 24.9 Å². The number of nitrogens with one attached hydrogen (secondary N) is 1. The van der Waals surface area contributed by atoms with Crippen LogP contribution in [0.25, 0.3) is 0 Å². The number of aromatic nitrogens is 2. The number of hydrogen-bond acceptors (Lipinski definition) is 5. The summed E-state index contributed by atoms with van der Waals surface area (Å²) in [6.07, 6.45) is 0.970. The molecule has 2 aliphatic heterocycles. The van der Waals surface area contributed by atoms with E-state index in [0.29, 0.717) is 0 Å². The van der Waals surface area contributed by atoms with E-state index in [2.05, 4.69) is 20.0 Å². The first kappa shape index (κ1) is 15.3. The molecule has 2 fully saturated rings. The van der Waals surface area contributed by atoms with Crippen molar-refractivity contribution in [2.24, 2.45) is 0 Å². The second-order valence-corrected chi connectivity index (χ2v) is 6.27. The van der Waals surface area contributed by atoms with Crippen molar-refractivity contribution < 1.29 is 9.53 Å². The number of likely N-dealkylation sites (N-methyl/N-ethyl adjacent to an activating group) is 1. The third kappa shape index (κ3) is 2.96. The molecule has 7 heteroatoms. The van der Waals surface area contributed by atoms with Gasteiger partial charge in [0.15, 0.2) is 5.82 Å². The van der Waals surface area contributed by atoms with E-state index >= 15 is 0 Å². The molecule has 22 heavy (non-hydrogen) atoms. The molecule has 3 heterocycles. The predicted molar refractivity (Wildman–Crippen MR) is 83.9 cm³/mol. The monoisotopic (exact) mass is 307 g/mol. The quantitative estimate of drug-likeness (QED) is 0.857. The Balaban J connectivity index is 1.56. The number of methoxy groups -OCH3 is 1. The highest BCUT2D eigenvalue weighted by molar-refractivity contribution is 5.82. The number of piperazine rings is 1. The molecule has 0 saturated carbocycles. The average molecular weight is 307 g/mol. The van der Waals surface area contributed by atoms with Crippen molar-refractivity contribution in [2.75, 3.05) is 51.8 Å². The molecular weight excluding hydrogens is 282 g/mol. The molecule has 3 rings (SSSR count). The summed E-state index contributed by atoms with van der Waals surface area (Å²) in [6, 6.07) is 2.01. The first-order valence-electron chi connectivity index (χ1n) is 7.87. The molecule has 2 aliphatic rings. The number of likely N-dealkylation sites (tertiary alicyclic amines) is 1. The standard InChI is InChI=1S/C15H25N5O2/c1-11-8-14(17-16-11)19-4-6-20(7-5-19)15(21)13-9-12(22-3)10-18(13)2/h8,12-13H,4-7,9-10H2,1-3H3,(H,16,17)/t12-,13-/m0/s1. The van der Waals surface area contributed by atoms with Gasteiger partial charge in [0.05, 0.1) is 12.1 Å². The van der Waals surface area contributed by atoms with Crippen molar-refractivity contribution in [2.45, 2.75) is 25.5 Å². The number of ether oxygens (including phenoxy) is 1. The van der Waals surface area contributed by atoms with Crippen molar-refractivity contribution in [1.82, 2.24) is 20.0 Å². The minimum atomic E-state index is -0.0378. The van der Waals surface area contributed by atoms with Crippen molar-refractivity contribution in [3.8, 4) is 0 Å². The Morgan fingerprint density at radius 3 is 2.64 bits per heavy atom. The summed E-state index contributed by atoms with van der Waals surface area (Å²) in [7, 11) is 3.72. The average Bonchev–Trinajstić information content (AvgIpc) is 3.12. The molecule has 0 aliphatic carbocycles. The summed E-state index contributed by atoms with van der Waals surface area (Å²) in [6.45, 7) is 6.01. The summed E-state index contributed by atoms with van der Waals surface area (Å²) in [5.74, 6) is 1.21. The Bertz CT molecular complexity index is 524. The molecule has 1 aromatic heterocycles. The molecule has 2 atom stereocenters. The normalized spacial score (nSPS) is 26.7. The fourth-order valence-electron chi connectivity index (χ4n) is 3.34. The van der Waals surface area contributed by atoms with Crippen LogP contribution >= 0.6 is 0 Å². The number of hydrogen-bond donors (Lipinski definition) is 1. The zero-order valence-electron chi connectivity index (χ0n) is 13.6. The van der Waals surface area contributed by atoms with Gasteiger partial charge in [0.1, 0.15) is 0 Å². The Morgan fingerprint density at radius 2 is 2.09 bits per heavy atom. The van der Waals surface area contributed by atoms with Gasteiger partial charge in [-0.15, -0.1) is 0 Å². The number of amides is 1. The van der Waals surface area contributed by atoms with Gasteiger partial charge < -0.3 is 14.5 Å². The van der Waals surface area contributed by atoms with Crippen molar-refractivity contribution in [1.29, 1.82) is 0 Å². The van der Waals surface area contributed by atoms with Gasteiger partial charge in [-0.3, -0.25) is 14.8 Å². The van der Waals surface area contributed by atoms with Crippen LogP contribution in [0.3, 0.4) is 0 Å². The third-order valence-electron chi connectivity index (χ3n) is 4.74. The van der Waals surface area contributed by atoms with E-state index in [0.717, 1.165) is 50.7 Å². The number of aromatic amines is 1. The van der Waals surface area contributed by atoms with Crippen LogP contribution < -0.4 is 4.90 Å². The van der Waals surface area contributed by atoms with Gasteiger partial charge in [0.25, 0.3) is 0 Å². The number of rotatable bonds is 3. The lowest BCUT2D eigenvalue weighted by molar-refractivity contribution is -0.135. The van der Waals surface area contributed by atoms with Crippen molar-refractivity contribution in [3.63, 3.8) is 0 Å². The van der Waals surface area contributed by atoms with E-state index in [-0.39, 0.29) is 18.1 Å². The SMILES string of the molecule is CO[C@H]1C[C@@H](C(=O)N2CCN(c3cc(C)[nH]n3)CC2)N(C)C1. The maximum atomic E-state index is 12.7. The molecule has 0 bridgehead atoms. The number of carbonyl (C=O) groups excluding carboxylic acids is 1. The molecule has 0 aromatic carbocycles. The molecule has 0 radical (unpaired) electrons. The van der Waals surface area contributed by atoms with E-state index < -0.39 is 0 Å². The van der Waals surface area contributed by atoms with Crippen LogP contribution in [0.15, 0.2) is 6.07 Å². The molecule has 0 spiro atoms. The molecule has 0 unspecified atom stereocenters. The first-order chi connectivity index (χ1) is 10.6. The topological polar surface area (TPSA) is 64.7 Å². The van der Waals surface area contributed by atoms with Crippen LogP contribution in [-0.4, -0.2) is 84.9 Å². The Hall–Kier alpha value is -1.60. The van der Waals surface area contributed by atoms with E-state index in [1.165, 1.54) is 0 Å². The van der Waals surface area contributed by atoms with E-state index in [1.54, 1.807) is 7.11 Å². The summed E-state index contributed by atoms with van der Waals surface area (Å²) < 4.78 is 5.39. The summed E-state index contributed by atoms with van der Waals surface area (Å²) in [5, 5.41) is 7.26. The Kier molecular flexibility index (Phi) is 4.35. The Morgan fingerprint density at radius 1 is 1.36 bits per heavy atom. The minimum absolute atomic E-state index is 0.0378. The summed E-state index contributed by atoms with van der Waals surface area (Å²) in [5.41, 5.74) is 1.06. The largest absolute Gasteiger partial charge is 0.380 e. The number of anilines is 1. The van der Waals surface area contributed by atoms with Crippen molar-refractivity contribution >= 4 is 11.7 Å². The lowest BCUT2D eigenvalue weighted by Crippen LogP contribution is -2.53. The summed E-state index contributed by atoms with van der Waals surface area (Å²) >= 11 is 0. The van der Waals surface area contributed by atoms with Crippen LogP contribution in [0.4, 0.5) is 5.82 Å². The highest BCUT2D eigenvalue weighted by atomic mass is 16.5. The molecule has 1 amide bonds. The second-order valence-electron chi connectivity index (χ2n) is 6.27. The number of H-pyrrole nitrogens is 1. The molecule has 2 saturated heterocycles. The van der Waals surface area contributed by atoms with Crippen LogP contribution in [0.5, 0.6) is 0 Å². The first-order valence-corrected chi connectivity index (χ1v) is 7.87. The third-order valence-corrected chi connectivity index (χ3v) is 4.74. The maximum Gasteiger partial charge on any atom is 0.240 e. The fourth-order valence-corrected chi connectivity index (χ4v) is 3.34. The van der Waals surface area contributed by atoms with Gasteiger partial charge >= 0.3 is 0 Å². The highest BCUT2D eigenvalue weighted by Crippen LogP contribution is 2.21. The van der Waals surface area contributed by atoms with Gasteiger partial charge in [-0.05, 0) is 20.4 Å². The molecule has 1 N–H and O–H groups in total. The number of nitrogens with zero attached hydrogens (tertiary/aromatic N) is 4. The second kappa shape index (κ2) is 6.26. The predicted octanol–water partition coefficient (Wildman–Crippen LogP) is 0.0858. The lowest BCUT2D eigenvalue weighted by atomic mass is 10.1. The van der Waals surface area contributed by atoms with Crippen LogP contribution in [0, 0.1) is 6.92 Å². The zero-order valence-corrected chi connectivity index (χ0v) is 13.6. The van der Waals surface area contributed by atoms with Gasteiger partial charge in [0.2, 0.25) is 5.91 Å². The molecule has 122 valence electrons. The number of carbonyl (C=O) groups is 1. The molecular formula is C15H25N5O2. The molecule has 7 nitrogen and oxygen atoms in total. The Labute approximate surface area is 131 Å². The fraction of sp³-hybridized carbons (Fsp3) is 0.733. The minimum Gasteiger partial charge on any atom is -0.380 e. The van der Waals surface area contributed by atoms with Gasteiger partial charge in [0, 0.05) is 51.6 Å². The highest BCUT2D eigenvalue weighted by Gasteiger charge is 2.37. The zero-order chi connectivity index (χ0) is 15.7. The van der Waals surface area contributed by atoms with Gasteiger partial charge in [-0.25, -0.2) is 0 Å². The van der Waals surface area contributed by atoms with Crippen LogP contribution in [0.1, 0.15) is 12.1 Å². The maximum absolute atomic E-state index is 12.7. The van der Waals surface area contributed by atoms with Gasteiger partial charge in [-0.1, -0.05) is 0 Å². The smallest absolute Gasteiger partial charge is 0.240 e. The van der Waals surface area contributed by atoms with Crippen molar-refractivity contribution in [3.05, 3.63) is 11.8 Å². The molecule has 1 aromatic rings. The summed E-state index contributed by atoms with van der Waals surface area (Å²) in [4.78, 5) is 19.0. The van der Waals surface area contributed by atoms with E-state index in [9.17, 15) is 4.79 Å². The lowest BCUT2D eigenvalue weighted by Gasteiger charge is -2.36. The van der Waals surface area contributed by atoms with E-state index in [4.69, 9.17) is 4.74 Å².